The van der Waals surface area contributed by atoms with Crippen LogP contribution in [0.15, 0.2) is 11.1 Å². The Kier molecular flexibility index (Phi) is 11.1. The smallest absolute Gasteiger partial charge is 0.309 e. The first kappa shape index (κ1) is 41.0. The van der Waals surface area contributed by atoms with Gasteiger partial charge in [-0.3, -0.25) is 24.1 Å². The summed E-state index contributed by atoms with van der Waals surface area (Å²) in [4.78, 5) is 53.0. The molecular weight excluding hydrogens is 652 g/mol. The third-order valence-corrected chi connectivity index (χ3v) is 16.3. The van der Waals surface area contributed by atoms with Crippen molar-refractivity contribution in [3.05, 3.63) is 11.1 Å². The lowest BCUT2D eigenvalue weighted by molar-refractivity contribution is -0.233. The van der Waals surface area contributed by atoms with Crippen molar-refractivity contribution in [2.75, 3.05) is 19.6 Å². The number of ketones is 1. The Morgan fingerprint density at radius 2 is 1.58 bits per heavy atom. The molecule has 8 nitrogen and oxygen atoms in total. The van der Waals surface area contributed by atoms with Crippen molar-refractivity contribution in [3.8, 4) is 0 Å². The van der Waals surface area contributed by atoms with Gasteiger partial charge in [-0.25, -0.2) is 0 Å². The Balaban J connectivity index is 1.41. The number of nitrogens with one attached hydrogen (secondary N) is 1. The van der Waals surface area contributed by atoms with Crippen LogP contribution in [0.5, 0.6) is 0 Å². The summed E-state index contributed by atoms with van der Waals surface area (Å²) in [5.74, 6) is 0.562. The maximum absolute atomic E-state index is 14.1. The molecule has 0 saturated heterocycles. The summed E-state index contributed by atoms with van der Waals surface area (Å²) in [7, 11) is 0. The summed E-state index contributed by atoms with van der Waals surface area (Å²) in [6.45, 7) is 28.4. The van der Waals surface area contributed by atoms with E-state index in [9.17, 15) is 24.3 Å². The van der Waals surface area contributed by atoms with Crippen LogP contribution in [0.25, 0.3) is 0 Å². The van der Waals surface area contributed by atoms with Gasteiger partial charge in [0.1, 0.15) is 6.10 Å². The van der Waals surface area contributed by atoms with Gasteiger partial charge in [-0.05, 0) is 138 Å². The number of Topliss-reactive ketones (excluding diaryl/α,β-unsaturated/α-hetero) is 1. The van der Waals surface area contributed by atoms with E-state index in [2.05, 4.69) is 72.5 Å². The van der Waals surface area contributed by atoms with Crippen molar-refractivity contribution in [2.45, 2.75) is 166 Å². The van der Waals surface area contributed by atoms with E-state index in [1.165, 1.54) is 5.57 Å². The van der Waals surface area contributed by atoms with Crippen LogP contribution >= 0.6 is 0 Å². The number of carboxylic acid groups (broad SMARTS) is 1. The van der Waals surface area contributed by atoms with Gasteiger partial charge in [0, 0.05) is 43.3 Å². The Morgan fingerprint density at radius 3 is 2.17 bits per heavy atom. The van der Waals surface area contributed by atoms with Gasteiger partial charge in [0.2, 0.25) is 5.91 Å². The van der Waals surface area contributed by atoms with Gasteiger partial charge in [-0.15, -0.1) is 0 Å². The van der Waals surface area contributed by atoms with E-state index >= 15 is 0 Å². The van der Waals surface area contributed by atoms with E-state index in [1.807, 2.05) is 0 Å². The topological polar surface area (TPSA) is 113 Å². The number of carboxylic acids is 1. The molecule has 1 amide bonds. The molecule has 52 heavy (non-hydrogen) atoms. The highest BCUT2D eigenvalue weighted by atomic mass is 16.5. The molecule has 4 fully saturated rings. The lowest BCUT2D eigenvalue weighted by Crippen LogP contribution is -2.65. The number of amides is 1. The molecule has 5 aliphatic rings. The molecule has 0 heterocycles. The monoisotopic (exact) mass is 725 g/mol. The Hall–Kier alpha value is -2.22. The number of rotatable bonds is 12. The average molecular weight is 725 g/mol. The lowest BCUT2D eigenvalue weighted by Gasteiger charge is -2.72. The number of esters is 1. The van der Waals surface area contributed by atoms with Gasteiger partial charge in [0.05, 0.1) is 11.8 Å². The molecule has 0 aromatic rings. The van der Waals surface area contributed by atoms with Crippen molar-refractivity contribution in [1.29, 1.82) is 0 Å². The maximum Gasteiger partial charge on any atom is 0.309 e. The number of allylic oxidation sites excluding steroid dienone is 2. The van der Waals surface area contributed by atoms with Crippen molar-refractivity contribution >= 4 is 23.6 Å². The first-order valence-corrected chi connectivity index (χ1v) is 20.7. The van der Waals surface area contributed by atoms with Crippen LogP contribution in [0, 0.1) is 56.2 Å². The molecule has 2 unspecified atom stereocenters. The van der Waals surface area contributed by atoms with E-state index in [0.717, 1.165) is 76.5 Å². The van der Waals surface area contributed by atoms with E-state index in [0.29, 0.717) is 42.5 Å². The fourth-order valence-corrected chi connectivity index (χ4v) is 13.2. The number of hydrogen-bond donors (Lipinski definition) is 2. The number of hydrogen-bond acceptors (Lipinski definition) is 6. The largest absolute Gasteiger partial charge is 0.481 e. The third-order valence-electron chi connectivity index (χ3n) is 16.3. The highest BCUT2D eigenvalue weighted by Gasteiger charge is 2.70. The number of fused-ring (bicyclic) bond motifs is 7. The number of carbonyl (C=O) groups is 4. The molecule has 0 aliphatic heterocycles. The molecule has 0 radical (unpaired) electrons. The van der Waals surface area contributed by atoms with Crippen LogP contribution in [0.4, 0.5) is 0 Å². The van der Waals surface area contributed by atoms with Gasteiger partial charge >= 0.3 is 11.9 Å². The number of nitrogens with zero attached hydrogens (tertiary/aromatic N) is 1. The molecule has 4 saturated carbocycles. The molecule has 8 atom stereocenters. The molecule has 8 heteroatoms. The van der Waals surface area contributed by atoms with Gasteiger partial charge < -0.3 is 15.2 Å². The molecule has 5 rings (SSSR count). The molecule has 0 bridgehead atoms. The number of aliphatic carboxylic acids is 1. The normalized spacial score (nSPS) is 37.0. The van der Waals surface area contributed by atoms with Crippen LogP contribution in [-0.2, 0) is 23.9 Å². The van der Waals surface area contributed by atoms with Gasteiger partial charge in [-0.1, -0.05) is 54.0 Å². The number of carbonyl (C=O) groups excluding carboxylic acids is 3. The van der Waals surface area contributed by atoms with E-state index in [4.69, 9.17) is 4.74 Å². The summed E-state index contributed by atoms with van der Waals surface area (Å²) < 4.78 is 6.18. The molecular formula is C44H72N2O6. The molecule has 0 spiro atoms. The highest BCUT2D eigenvalue weighted by molar-refractivity contribution is 6.00. The Labute approximate surface area is 315 Å². The zero-order valence-electron chi connectivity index (χ0n) is 34.8. The number of ether oxygens (including phenoxy) is 1. The predicted octanol–water partition coefficient (Wildman–Crippen LogP) is 8.62. The van der Waals surface area contributed by atoms with Gasteiger partial charge in [0.25, 0.3) is 0 Å². The second kappa shape index (κ2) is 14.1. The maximum atomic E-state index is 14.1. The summed E-state index contributed by atoms with van der Waals surface area (Å²) in [6.07, 6.45) is 9.83. The lowest BCUT2D eigenvalue weighted by atomic mass is 9.33. The van der Waals surface area contributed by atoms with E-state index < -0.39 is 17.4 Å². The van der Waals surface area contributed by atoms with Crippen molar-refractivity contribution in [1.82, 2.24) is 10.2 Å². The average Bonchev–Trinajstić information content (AvgIpc) is 3.32. The third kappa shape index (κ3) is 6.72. The fraction of sp³-hybridized carbons (Fsp3) is 0.864. The first-order chi connectivity index (χ1) is 24.0. The summed E-state index contributed by atoms with van der Waals surface area (Å²) in [6, 6.07) is 0.359. The summed E-state index contributed by atoms with van der Waals surface area (Å²) in [5.41, 5.74) is 1.54. The van der Waals surface area contributed by atoms with Crippen LogP contribution in [0.1, 0.15) is 154 Å². The van der Waals surface area contributed by atoms with Crippen LogP contribution < -0.4 is 5.32 Å². The summed E-state index contributed by atoms with van der Waals surface area (Å²) in [5, 5.41) is 12.6. The minimum Gasteiger partial charge on any atom is -0.481 e. The fourth-order valence-electron chi connectivity index (χ4n) is 13.2. The zero-order valence-corrected chi connectivity index (χ0v) is 34.8. The minimum absolute atomic E-state index is 0.00573. The SMILES string of the molecule is CC(=O)NCCN(CC[C@@]12CC[C@]3(C)[C@H](CCC4[C@@]5(C)CC[C@H](OC(=O)CC(C)(C)C(=O)O)C(C)(C)C5CC[C@]43C)C1=C(C(C)C)C(=O)C2)C(C)C. The first-order valence-electron chi connectivity index (χ1n) is 20.7. The molecule has 294 valence electrons. The second-order valence-corrected chi connectivity index (χ2v) is 20.5. The highest BCUT2D eigenvalue weighted by Crippen LogP contribution is 2.77. The van der Waals surface area contributed by atoms with Crippen LogP contribution in [0.3, 0.4) is 0 Å². The van der Waals surface area contributed by atoms with Gasteiger partial charge in [-0.2, -0.15) is 0 Å². The Bertz CT molecular complexity index is 1460. The van der Waals surface area contributed by atoms with E-state index in [1.54, 1.807) is 20.8 Å². The van der Waals surface area contributed by atoms with E-state index in [-0.39, 0.29) is 51.4 Å². The van der Waals surface area contributed by atoms with Crippen molar-refractivity contribution in [2.24, 2.45) is 56.2 Å². The predicted molar refractivity (Wildman–Crippen MR) is 205 cm³/mol. The molecule has 5 aliphatic carbocycles. The van der Waals surface area contributed by atoms with Crippen molar-refractivity contribution in [3.63, 3.8) is 0 Å². The van der Waals surface area contributed by atoms with Crippen LogP contribution in [-0.4, -0.2) is 65.4 Å². The van der Waals surface area contributed by atoms with Crippen LogP contribution in [0.2, 0.25) is 0 Å². The van der Waals surface area contributed by atoms with Crippen molar-refractivity contribution < 1.29 is 29.0 Å². The Morgan fingerprint density at radius 1 is 0.904 bits per heavy atom. The minimum atomic E-state index is -1.15. The standard InChI is InChI=1S/C44H72N2O6/c1-27(2)36-31(48)25-44(21-23-46(28(3)4)24-22-45-29(5)47)20-19-42(11)30(37(36)44)13-14-33-41(10)17-16-34(52-35(49)26-39(6,7)38(50)51)40(8,9)32(41)15-18-43(33,42)12/h27-28,30,32-34H,13-26H2,1-12H3,(H,45,47)(H,50,51)/t30-,32?,33?,34+,41+,42-,43-,44-/m1/s1. The molecule has 2 N–H and O–H groups in total. The van der Waals surface area contributed by atoms with Gasteiger partial charge in [0.15, 0.2) is 5.78 Å². The quantitative estimate of drug-likeness (QED) is 0.194. The molecule has 0 aromatic carbocycles. The second-order valence-electron chi connectivity index (χ2n) is 20.5. The zero-order chi connectivity index (χ0) is 38.8. The molecule has 0 aromatic heterocycles. The summed E-state index contributed by atoms with van der Waals surface area (Å²) >= 11 is 0.